The topological polar surface area (TPSA) is 58.9 Å². The zero-order valence-corrected chi connectivity index (χ0v) is 16.9. The van der Waals surface area contributed by atoms with Crippen molar-refractivity contribution in [3.05, 3.63) is 69.8 Å². The van der Waals surface area contributed by atoms with E-state index in [2.05, 4.69) is 57.2 Å². The predicted octanol–water partition coefficient (Wildman–Crippen LogP) is 3.92. The molecule has 1 saturated heterocycles. The highest BCUT2D eigenvalue weighted by Crippen LogP contribution is 2.46. The summed E-state index contributed by atoms with van der Waals surface area (Å²) in [7, 11) is 0. The quantitative estimate of drug-likeness (QED) is 0.841. The lowest BCUT2D eigenvalue weighted by Gasteiger charge is -2.40. The van der Waals surface area contributed by atoms with Crippen LogP contribution in [0, 0.1) is 6.92 Å². The van der Waals surface area contributed by atoms with Crippen molar-refractivity contribution in [2.24, 2.45) is 0 Å². The molecule has 1 spiro atoms. The normalized spacial score (nSPS) is 26.8. The summed E-state index contributed by atoms with van der Waals surface area (Å²) in [6.07, 6.45) is 0.757. The van der Waals surface area contributed by atoms with Crippen LogP contribution < -0.4 is 0 Å². The fourth-order valence-electron chi connectivity index (χ4n) is 4.43. The maximum Gasteiger partial charge on any atom is 0.198 e. The number of aliphatic hydroxyl groups is 2. The summed E-state index contributed by atoms with van der Waals surface area (Å²) in [5.74, 6) is -0.410. The van der Waals surface area contributed by atoms with Crippen molar-refractivity contribution in [3.63, 3.8) is 0 Å². The number of benzene rings is 2. The van der Waals surface area contributed by atoms with Crippen LogP contribution in [-0.4, -0.2) is 29.0 Å². The number of aliphatic hydroxyl groups excluding tert-OH is 2. The molecule has 1 fully saturated rings. The summed E-state index contributed by atoms with van der Waals surface area (Å²) >= 11 is 0. The Hall–Kier alpha value is -1.72. The van der Waals surface area contributed by atoms with E-state index in [1.54, 1.807) is 0 Å². The van der Waals surface area contributed by atoms with Crippen LogP contribution in [0.5, 0.6) is 0 Å². The second kappa shape index (κ2) is 7.60. The number of hydrogen-bond acceptors (Lipinski definition) is 4. The maximum absolute atomic E-state index is 10.3. The van der Waals surface area contributed by atoms with Gasteiger partial charge in [-0.1, -0.05) is 44.2 Å². The third-order valence-corrected chi connectivity index (χ3v) is 6.07. The summed E-state index contributed by atoms with van der Waals surface area (Å²) in [5, 5.41) is 19.9. The number of ether oxygens (including phenoxy) is 2. The average Bonchev–Trinajstić information content (AvgIpc) is 2.98. The van der Waals surface area contributed by atoms with E-state index in [0.717, 1.165) is 17.5 Å². The highest BCUT2D eigenvalue weighted by atomic mass is 16.7. The highest BCUT2D eigenvalue weighted by molar-refractivity contribution is 5.44. The second-order valence-corrected chi connectivity index (χ2v) is 8.57. The molecule has 2 heterocycles. The summed E-state index contributed by atoms with van der Waals surface area (Å²) in [6.45, 7) is 6.91. The van der Waals surface area contributed by atoms with Gasteiger partial charge in [0.25, 0.3) is 0 Å². The van der Waals surface area contributed by atoms with Gasteiger partial charge in [-0.3, -0.25) is 0 Å². The fourth-order valence-corrected chi connectivity index (χ4v) is 4.43. The van der Waals surface area contributed by atoms with E-state index in [4.69, 9.17) is 9.47 Å². The minimum absolute atomic E-state index is 0.113. The molecule has 0 radical (unpaired) electrons. The van der Waals surface area contributed by atoms with Crippen molar-refractivity contribution >= 4 is 0 Å². The molecule has 0 aromatic heterocycles. The van der Waals surface area contributed by atoms with Gasteiger partial charge >= 0.3 is 0 Å². The molecular weight excluding hydrogens is 352 g/mol. The molecule has 2 aromatic rings. The predicted molar refractivity (Wildman–Crippen MR) is 108 cm³/mol. The lowest BCUT2D eigenvalue weighted by molar-refractivity contribution is -0.302. The van der Waals surface area contributed by atoms with Gasteiger partial charge in [0.15, 0.2) is 5.79 Å². The van der Waals surface area contributed by atoms with Gasteiger partial charge in [0, 0.05) is 18.4 Å². The third-order valence-electron chi connectivity index (χ3n) is 6.07. The van der Waals surface area contributed by atoms with Crippen LogP contribution in [0.1, 0.15) is 66.0 Å². The summed E-state index contributed by atoms with van der Waals surface area (Å²) in [6, 6.07) is 13.2. The number of rotatable bonds is 4. The van der Waals surface area contributed by atoms with Crippen molar-refractivity contribution in [2.75, 3.05) is 6.61 Å². The molecule has 4 rings (SSSR count). The monoisotopic (exact) mass is 382 g/mol. The molecule has 0 amide bonds. The first kappa shape index (κ1) is 19.6. The molecule has 0 unspecified atom stereocenters. The molecule has 3 atom stereocenters. The van der Waals surface area contributed by atoms with Crippen LogP contribution in [0.4, 0.5) is 0 Å². The number of hydrogen-bond donors (Lipinski definition) is 2. The van der Waals surface area contributed by atoms with Gasteiger partial charge in [-0.15, -0.1) is 0 Å². The van der Waals surface area contributed by atoms with Gasteiger partial charge in [0.2, 0.25) is 0 Å². The van der Waals surface area contributed by atoms with Crippen LogP contribution >= 0.6 is 0 Å². The first-order valence-corrected chi connectivity index (χ1v) is 10.2. The van der Waals surface area contributed by atoms with Gasteiger partial charge < -0.3 is 19.7 Å². The van der Waals surface area contributed by atoms with E-state index >= 15 is 0 Å². The van der Waals surface area contributed by atoms with Crippen LogP contribution in [-0.2, 0) is 28.3 Å². The van der Waals surface area contributed by atoms with E-state index in [9.17, 15) is 10.2 Å². The Bertz CT molecular complexity index is 842. The van der Waals surface area contributed by atoms with Crippen molar-refractivity contribution in [1.29, 1.82) is 0 Å². The van der Waals surface area contributed by atoms with Crippen LogP contribution in [0.25, 0.3) is 0 Å². The molecular formula is C24H30O4. The molecule has 0 bridgehead atoms. The Labute approximate surface area is 167 Å². The zero-order valence-electron chi connectivity index (χ0n) is 16.9. The summed E-state index contributed by atoms with van der Waals surface area (Å²) < 4.78 is 12.2. The van der Waals surface area contributed by atoms with Gasteiger partial charge in [-0.2, -0.15) is 0 Å². The van der Waals surface area contributed by atoms with Gasteiger partial charge in [-0.05, 0) is 53.1 Å². The molecule has 2 aliphatic heterocycles. The summed E-state index contributed by atoms with van der Waals surface area (Å²) in [5.41, 5.74) is 7.22. The van der Waals surface area contributed by atoms with Gasteiger partial charge in [-0.25, -0.2) is 0 Å². The number of fused-ring (bicyclic) bond motifs is 2. The molecule has 0 aliphatic carbocycles. The van der Waals surface area contributed by atoms with Gasteiger partial charge in [0.1, 0.15) is 0 Å². The first-order chi connectivity index (χ1) is 13.4. The molecule has 150 valence electrons. The van der Waals surface area contributed by atoms with Crippen LogP contribution in [0.3, 0.4) is 0 Å². The van der Waals surface area contributed by atoms with E-state index in [1.807, 2.05) is 0 Å². The third kappa shape index (κ3) is 3.62. The largest absolute Gasteiger partial charge is 0.394 e. The molecule has 0 saturated carbocycles. The molecule has 2 aliphatic rings. The van der Waals surface area contributed by atoms with E-state index in [-0.39, 0.29) is 6.61 Å². The highest BCUT2D eigenvalue weighted by Gasteiger charge is 2.48. The minimum Gasteiger partial charge on any atom is -0.394 e. The standard InChI is InChI=1S/C24H30O4/c1-15(2)18-6-4-17(5-7-18)9-19-10-23-20(8-16(19)3)14-27-24(23)12-21(26)11-22(13-25)28-24/h4-8,10,15,21-22,25-26H,9,11-14H2,1-3H3/t21-,22-,24+/m0/s1. The smallest absolute Gasteiger partial charge is 0.198 e. The fraction of sp³-hybridized carbons (Fsp3) is 0.500. The van der Waals surface area contributed by atoms with Crippen molar-refractivity contribution in [1.82, 2.24) is 0 Å². The van der Waals surface area contributed by atoms with Gasteiger partial charge in [0.05, 0.1) is 25.4 Å². The van der Waals surface area contributed by atoms with Crippen molar-refractivity contribution in [3.8, 4) is 0 Å². The van der Waals surface area contributed by atoms with Crippen molar-refractivity contribution in [2.45, 2.75) is 70.6 Å². The van der Waals surface area contributed by atoms with Crippen LogP contribution in [0.15, 0.2) is 36.4 Å². The van der Waals surface area contributed by atoms with Crippen LogP contribution in [0.2, 0.25) is 0 Å². The Morgan fingerprint density at radius 2 is 1.93 bits per heavy atom. The molecule has 4 heteroatoms. The maximum atomic E-state index is 10.3. The second-order valence-electron chi connectivity index (χ2n) is 8.57. The Morgan fingerprint density at radius 3 is 2.61 bits per heavy atom. The number of aryl methyl sites for hydroxylation is 1. The molecule has 2 aromatic carbocycles. The van der Waals surface area contributed by atoms with E-state index < -0.39 is 18.0 Å². The molecule has 28 heavy (non-hydrogen) atoms. The Morgan fingerprint density at radius 1 is 1.18 bits per heavy atom. The Balaban J connectivity index is 1.64. The minimum atomic E-state index is -0.940. The average molecular weight is 383 g/mol. The van der Waals surface area contributed by atoms with E-state index in [1.165, 1.54) is 22.3 Å². The lowest BCUT2D eigenvalue weighted by atomic mass is 9.88. The van der Waals surface area contributed by atoms with E-state index in [0.29, 0.717) is 25.4 Å². The Kier molecular flexibility index (Phi) is 5.32. The lowest BCUT2D eigenvalue weighted by Crippen LogP contribution is -2.45. The molecule has 2 N–H and O–H groups in total. The summed E-state index contributed by atoms with van der Waals surface area (Å²) in [4.78, 5) is 0. The van der Waals surface area contributed by atoms with Crippen molar-refractivity contribution < 1.29 is 19.7 Å². The zero-order chi connectivity index (χ0) is 19.9. The SMILES string of the molecule is Cc1cc2c(cc1Cc1ccc(C(C)C)cc1)[C@]1(C[C@@H](O)C[C@@H](CO)O1)OC2. The molecule has 4 nitrogen and oxygen atoms in total. The first-order valence-electron chi connectivity index (χ1n) is 10.2.